The first-order valence-electron chi connectivity index (χ1n) is 11.4. The first-order valence-corrected chi connectivity index (χ1v) is 12.3. The van der Waals surface area contributed by atoms with Gasteiger partial charge in [-0.05, 0) is 61.3 Å². The number of hydrogen-bond acceptors (Lipinski definition) is 5. The Morgan fingerprint density at radius 3 is 2.47 bits per heavy atom. The highest BCUT2D eigenvalue weighted by molar-refractivity contribution is 7.99. The molecule has 2 heterocycles. The van der Waals surface area contributed by atoms with Crippen molar-refractivity contribution in [3.63, 3.8) is 0 Å². The van der Waals surface area contributed by atoms with Crippen molar-refractivity contribution in [3.05, 3.63) is 83.9 Å². The zero-order valence-electron chi connectivity index (χ0n) is 18.2. The van der Waals surface area contributed by atoms with Crippen molar-refractivity contribution in [2.24, 2.45) is 0 Å². The second-order valence-electron chi connectivity index (χ2n) is 8.44. The third kappa shape index (κ3) is 4.89. The van der Waals surface area contributed by atoms with Gasteiger partial charge in [0.25, 0.3) is 0 Å². The summed E-state index contributed by atoms with van der Waals surface area (Å²) in [6, 6.07) is 24.1. The molecule has 5 rings (SSSR count). The number of likely N-dealkylation sites (tertiary alicyclic amines) is 1. The molecule has 0 unspecified atom stereocenters. The van der Waals surface area contributed by atoms with Crippen LogP contribution in [0.15, 0.2) is 77.7 Å². The molecule has 1 saturated heterocycles. The maximum absolute atomic E-state index is 9.93. The van der Waals surface area contributed by atoms with E-state index in [1.165, 1.54) is 37.9 Å². The maximum atomic E-state index is 9.93. The lowest BCUT2D eigenvalue weighted by atomic mass is 10.00. The van der Waals surface area contributed by atoms with Gasteiger partial charge in [-0.3, -0.25) is 4.90 Å². The summed E-state index contributed by atoms with van der Waals surface area (Å²) in [5, 5.41) is 10.1. The normalized spacial score (nSPS) is 20.9. The lowest BCUT2D eigenvalue weighted by Gasteiger charge is -2.34. The van der Waals surface area contributed by atoms with Crippen LogP contribution in [0.4, 0.5) is 0 Å². The summed E-state index contributed by atoms with van der Waals surface area (Å²) in [5.41, 5.74) is 2.33. The molecule has 3 aromatic carbocycles. The highest BCUT2D eigenvalue weighted by atomic mass is 32.2. The van der Waals surface area contributed by atoms with E-state index in [0.717, 1.165) is 28.5 Å². The summed E-state index contributed by atoms with van der Waals surface area (Å²) in [7, 11) is 0. The molecule has 4 nitrogen and oxygen atoms in total. The van der Waals surface area contributed by atoms with E-state index in [-0.39, 0.29) is 17.1 Å². The molecule has 2 aliphatic heterocycles. The van der Waals surface area contributed by atoms with Crippen LogP contribution in [-0.4, -0.2) is 36.2 Å². The molecule has 0 aromatic heterocycles. The van der Waals surface area contributed by atoms with Crippen LogP contribution in [0.1, 0.15) is 41.7 Å². The van der Waals surface area contributed by atoms with E-state index in [2.05, 4.69) is 41.3 Å². The molecule has 3 aromatic rings. The van der Waals surface area contributed by atoms with Gasteiger partial charge in [0.2, 0.25) is 0 Å². The monoisotopic (exact) mass is 447 g/mol. The Morgan fingerprint density at radius 1 is 0.906 bits per heavy atom. The Labute approximate surface area is 194 Å². The van der Waals surface area contributed by atoms with Gasteiger partial charge in [0.15, 0.2) is 0 Å². The molecule has 2 aliphatic rings. The number of hydrogen-bond donors (Lipinski definition) is 1. The number of piperidine rings is 1. The number of aromatic hydroxyl groups is 1. The van der Waals surface area contributed by atoms with E-state index < -0.39 is 0 Å². The Hall–Kier alpha value is -2.63. The fraction of sp³-hybridized carbons (Fsp3) is 0.333. The van der Waals surface area contributed by atoms with Crippen LogP contribution >= 0.6 is 11.8 Å². The second-order valence-corrected chi connectivity index (χ2v) is 9.62. The van der Waals surface area contributed by atoms with Gasteiger partial charge in [-0.1, -0.05) is 48.9 Å². The predicted octanol–water partition coefficient (Wildman–Crippen LogP) is 6.22. The first kappa shape index (κ1) is 21.2. The van der Waals surface area contributed by atoms with E-state index in [4.69, 9.17) is 9.47 Å². The quantitative estimate of drug-likeness (QED) is 0.486. The Balaban J connectivity index is 1.31. The highest BCUT2D eigenvalue weighted by Crippen LogP contribution is 2.53. The lowest BCUT2D eigenvalue weighted by molar-refractivity contribution is 0.182. The van der Waals surface area contributed by atoms with Crippen LogP contribution in [0.3, 0.4) is 0 Å². The Morgan fingerprint density at radius 2 is 1.69 bits per heavy atom. The molecule has 0 saturated carbocycles. The molecular formula is C27H29NO3S. The Kier molecular flexibility index (Phi) is 6.56. The summed E-state index contributed by atoms with van der Waals surface area (Å²) in [6.45, 7) is 4.09. The van der Waals surface area contributed by atoms with E-state index in [0.29, 0.717) is 6.61 Å². The minimum Gasteiger partial charge on any atom is -0.508 e. The van der Waals surface area contributed by atoms with Crippen LogP contribution in [0, 0.1) is 0 Å². The van der Waals surface area contributed by atoms with Crippen molar-refractivity contribution < 1.29 is 14.6 Å². The average molecular weight is 448 g/mol. The molecule has 0 amide bonds. The molecule has 32 heavy (non-hydrogen) atoms. The third-order valence-electron chi connectivity index (χ3n) is 6.17. The standard InChI is InChI=1S/C27H29NO3S/c29-22-11-14-25-24(19-22)31-26(27(32-25)21-7-3-1-4-8-21)20-9-12-23(13-10-20)30-18-17-28-15-5-2-6-16-28/h1,3-4,7-14,19,26-27,29H,2,5-6,15-18H2/t26-,27+/m0/s1. The van der Waals surface area contributed by atoms with E-state index >= 15 is 0 Å². The SMILES string of the molecule is Oc1ccc2c(c1)O[C@@H](c1ccc(OCCN3CCCCC3)cc1)[C@@H](c1ccccc1)S2. The number of nitrogens with zero attached hydrogens (tertiary/aromatic N) is 1. The maximum Gasteiger partial charge on any atom is 0.140 e. The molecule has 0 aliphatic carbocycles. The number of ether oxygens (including phenoxy) is 2. The molecule has 0 bridgehead atoms. The third-order valence-corrected chi connectivity index (χ3v) is 7.54. The fourth-order valence-electron chi connectivity index (χ4n) is 4.44. The molecule has 166 valence electrons. The number of thioether (sulfide) groups is 1. The number of phenols is 1. The van der Waals surface area contributed by atoms with Gasteiger partial charge in [-0.2, -0.15) is 0 Å². The van der Waals surface area contributed by atoms with Crippen molar-refractivity contribution in [3.8, 4) is 17.2 Å². The van der Waals surface area contributed by atoms with Crippen LogP contribution in [0.5, 0.6) is 17.2 Å². The summed E-state index contributed by atoms with van der Waals surface area (Å²) in [6.07, 6.45) is 3.81. The predicted molar refractivity (Wildman–Crippen MR) is 129 cm³/mol. The van der Waals surface area contributed by atoms with Gasteiger partial charge in [-0.15, -0.1) is 11.8 Å². The van der Waals surface area contributed by atoms with Gasteiger partial charge >= 0.3 is 0 Å². The summed E-state index contributed by atoms with van der Waals surface area (Å²) < 4.78 is 12.5. The fourth-order valence-corrected chi connectivity index (χ4v) is 5.71. The lowest BCUT2D eigenvalue weighted by Crippen LogP contribution is -2.33. The molecular weight excluding hydrogens is 418 g/mol. The van der Waals surface area contributed by atoms with Crippen molar-refractivity contribution >= 4 is 11.8 Å². The number of benzene rings is 3. The molecule has 1 fully saturated rings. The van der Waals surface area contributed by atoms with Gasteiger partial charge in [-0.25, -0.2) is 0 Å². The van der Waals surface area contributed by atoms with Crippen LogP contribution < -0.4 is 9.47 Å². The molecule has 1 N–H and O–H groups in total. The van der Waals surface area contributed by atoms with Crippen molar-refractivity contribution in [1.82, 2.24) is 4.90 Å². The topological polar surface area (TPSA) is 41.9 Å². The highest BCUT2D eigenvalue weighted by Gasteiger charge is 2.33. The van der Waals surface area contributed by atoms with Crippen LogP contribution in [0.2, 0.25) is 0 Å². The molecule has 5 heteroatoms. The molecule has 2 atom stereocenters. The summed E-state index contributed by atoms with van der Waals surface area (Å²) >= 11 is 1.78. The van der Waals surface area contributed by atoms with Crippen molar-refractivity contribution in [1.29, 1.82) is 0 Å². The van der Waals surface area contributed by atoms with Crippen molar-refractivity contribution in [2.45, 2.75) is 35.5 Å². The number of phenolic OH excluding ortho intramolecular Hbond substituents is 1. The second kappa shape index (κ2) is 9.88. The Bertz CT molecular complexity index is 1020. The average Bonchev–Trinajstić information content (AvgIpc) is 2.85. The smallest absolute Gasteiger partial charge is 0.140 e. The van der Waals surface area contributed by atoms with E-state index in [9.17, 15) is 5.11 Å². The molecule has 0 spiro atoms. The van der Waals surface area contributed by atoms with Gasteiger partial charge in [0, 0.05) is 12.6 Å². The van der Waals surface area contributed by atoms with E-state index in [1.54, 1.807) is 23.9 Å². The van der Waals surface area contributed by atoms with Gasteiger partial charge in [0.05, 0.1) is 10.1 Å². The van der Waals surface area contributed by atoms with Crippen molar-refractivity contribution in [2.75, 3.05) is 26.2 Å². The largest absolute Gasteiger partial charge is 0.508 e. The number of rotatable bonds is 6. The zero-order chi connectivity index (χ0) is 21.8. The number of fused-ring (bicyclic) bond motifs is 1. The summed E-state index contributed by atoms with van der Waals surface area (Å²) in [4.78, 5) is 3.54. The van der Waals surface area contributed by atoms with Gasteiger partial charge < -0.3 is 14.6 Å². The first-order chi connectivity index (χ1) is 15.8. The minimum absolute atomic E-state index is 0.124. The summed E-state index contributed by atoms with van der Waals surface area (Å²) in [5.74, 6) is 1.84. The molecule has 0 radical (unpaired) electrons. The van der Waals surface area contributed by atoms with Crippen LogP contribution in [-0.2, 0) is 0 Å². The van der Waals surface area contributed by atoms with Crippen LogP contribution in [0.25, 0.3) is 0 Å². The zero-order valence-corrected chi connectivity index (χ0v) is 19.0. The van der Waals surface area contributed by atoms with E-state index in [1.807, 2.05) is 24.3 Å². The minimum atomic E-state index is -0.154. The van der Waals surface area contributed by atoms with Gasteiger partial charge in [0.1, 0.15) is 30.0 Å².